The van der Waals surface area contributed by atoms with Gasteiger partial charge in [0.05, 0.1) is 5.54 Å². The first-order valence-corrected chi connectivity index (χ1v) is 9.00. The second kappa shape index (κ2) is 9.62. The molecule has 1 unspecified atom stereocenters. The van der Waals surface area contributed by atoms with E-state index >= 15 is 0 Å². The third kappa shape index (κ3) is 5.88. The first-order chi connectivity index (χ1) is 12.6. The van der Waals surface area contributed by atoms with Crippen molar-refractivity contribution in [1.29, 1.82) is 0 Å². The van der Waals surface area contributed by atoms with Gasteiger partial charge in [-0.3, -0.25) is 4.79 Å². The largest absolute Gasteiger partial charge is 0.485 e. The fourth-order valence-electron chi connectivity index (χ4n) is 2.96. The highest BCUT2D eigenvalue weighted by molar-refractivity contribution is 5.85. The molecule has 1 amide bonds. The normalized spacial score (nSPS) is 15.2. The van der Waals surface area contributed by atoms with Crippen LogP contribution in [0.5, 0.6) is 11.5 Å². The number of rotatable bonds is 9. The van der Waals surface area contributed by atoms with Gasteiger partial charge < -0.3 is 20.5 Å². The fraction of sp³-hybridized carbons (Fsp3) is 0.381. The maximum atomic E-state index is 12.3. The molecular weight excluding hydrogens is 364 g/mol. The Kier molecular flexibility index (Phi) is 7.51. The van der Waals surface area contributed by atoms with Crippen LogP contribution in [0.4, 0.5) is 0 Å². The number of nitrogens with one attached hydrogen (secondary N) is 1. The molecule has 5 nitrogen and oxygen atoms in total. The third-order valence-electron chi connectivity index (χ3n) is 4.77. The summed E-state index contributed by atoms with van der Waals surface area (Å²) < 4.78 is 11.5. The van der Waals surface area contributed by atoms with Gasteiger partial charge in [-0.05, 0) is 43.4 Å². The monoisotopic (exact) mass is 390 g/mol. The average molecular weight is 391 g/mol. The highest BCUT2D eigenvalue weighted by atomic mass is 35.5. The summed E-state index contributed by atoms with van der Waals surface area (Å²) in [5.41, 5.74) is 6.58. The van der Waals surface area contributed by atoms with E-state index in [-0.39, 0.29) is 30.5 Å². The lowest BCUT2D eigenvalue weighted by Gasteiger charge is -2.29. The Labute approximate surface area is 166 Å². The Morgan fingerprint density at radius 1 is 1.07 bits per heavy atom. The SMILES string of the molecule is CC(CN)(NC(=O)COc1ccccc1OCc1ccccc1)C1CC1.Cl. The van der Waals surface area contributed by atoms with E-state index in [4.69, 9.17) is 15.2 Å². The number of carbonyl (C=O) groups is 1. The molecule has 0 bridgehead atoms. The number of halogens is 1. The molecule has 0 heterocycles. The first kappa shape index (κ1) is 21.1. The molecule has 3 N–H and O–H groups in total. The number of nitrogens with two attached hydrogens (primary N) is 1. The van der Waals surface area contributed by atoms with Crippen LogP contribution >= 0.6 is 12.4 Å². The highest BCUT2D eigenvalue weighted by Gasteiger charge is 2.41. The topological polar surface area (TPSA) is 73.6 Å². The van der Waals surface area contributed by atoms with Crippen molar-refractivity contribution in [3.63, 3.8) is 0 Å². The minimum atomic E-state index is -0.343. The number of carbonyl (C=O) groups excluding carboxylic acids is 1. The zero-order valence-corrected chi connectivity index (χ0v) is 16.3. The Bertz CT molecular complexity index is 737. The van der Waals surface area contributed by atoms with Crippen LogP contribution in [0.3, 0.4) is 0 Å². The maximum absolute atomic E-state index is 12.3. The van der Waals surface area contributed by atoms with Crippen LogP contribution in [0.1, 0.15) is 25.3 Å². The van der Waals surface area contributed by atoms with E-state index in [2.05, 4.69) is 5.32 Å². The van der Waals surface area contributed by atoms with E-state index in [9.17, 15) is 4.79 Å². The molecule has 1 atom stereocenters. The predicted octanol–water partition coefficient (Wildman–Crippen LogP) is 3.31. The van der Waals surface area contributed by atoms with E-state index in [0.717, 1.165) is 18.4 Å². The molecule has 1 fully saturated rings. The van der Waals surface area contributed by atoms with Crippen LogP contribution in [0, 0.1) is 5.92 Å². The van der Waals surface area contributed by atoms with E-state index in [1.165, 1.54) is 0 Å². The molecule has 3 rings (SSSR count). The molecule has 0 aliphatic heterocycles. The molecule has 146 valence electrons. The molecule has 0 spiro atoms. The standard InChI is InChI=1S/C21H26N2O3.ClH/c1-21(15-22,17-11-12-17)23-20(24)14-26-19-10-6-5-9-18(19)25-13-16-7-3-2-4-8-16;/h2-10,17H,11-15,22H2,1H3,(H,23,24);1H. The van der Waals surface area contributed by atoms with E-state index in [1.54, 1.807) is 6.07 Å². The fourth-order valence-corrected chi connectivity index (χ4v) is 2.96. The quantitative estimate of drug-likeness (QED) is 0.688. The van der Waals surface area contributed by atoms with Crippen molar-refractivity contribution in [1.82, 2.24) is 5.32 Å². The summed E-state index contributed by atoms with van der Waals surface area (Å²) in [6, 6.07) is 17.3. The van der Waals surface area contributed by atoms with E-state index < -0.39 is 0 Å². The Balaban J connectivity index is 0.00000261. The van der Waals surface area contributed by atoms with Crippen LogP contribution in [-0.4, -0.2) is 24.6 Å². The third-order valence-corrected chi connectivity index (χ3v) is 4.77. The molecule has 27 heavy (non-hydrogen) atoms. The van der Waals surface area contributed by atoms with Crippen molar-refractivity contribution >= 4 is 18.3 Å². The second-order valence-electron chi connectivity index (χ2n) is 6.95. The number of hydrogen-bond donors (Lipinski definition) is 2. The zero-order valence-electron chi connectivity index (χ0n) is 15.5. The number of para-hydroxylation sites is 2. The van der Waals surface area contributed by atoms with Crippen molar-refractivity contribution < 1.29 is 14.3 Å². The lowest BCUT2D eigenvalue weighted by molar-refractivity contribution is -0.125. The molecule has 0 aromatic heterocycles. The van der Waals surface area contributed by atoms with Gasteiger partial charge in [0.2, 0.25) is 0 Å². The summed E-state index contributed by atoms with van der Waals surface area (Å²) in [6.45, 7) is 2.81. The summed E-state index contributed by atoms with van der Waals surface area (Å²) in [6.07, 6.45) is 2.23. The summed E-state index contributed by atoms with van der Waals surface area (Å²) in [5.74, 6) is 1.48. The number of amides is 1. The minimum Gasteiger partial charge on any atom is -0.485 e. The van der Waals surface area contributed by atoms with Gasteiger partial charge in [-0.1, -0.05) is 42.5 Å². The van der Waals surface area contributed by atoms with Crippen molar-refractivity contribution in [2.24, 2.45) is 11.7 Å². The van der Waals surface area contributed by atoms with Gasteiger partial charge in [0.25, 0.3) is 5.91 Å². The Morgan fingerprint density at radius 2 is 1.67 bits per heavy atom. The molecule has 0 saturated heterocycles. The molecule has 1 aliphatic rings. The van der Waals surface area contributed by atoms with Gasteiger partial charge in [0.1, 0.15) is 6.61 Å². The number of ether oxygens (including phenoxy) is 2. The first-order valence-electron chi connectivity index (χ1n) is 9.00. The van der Waals surface area contributed by atoms with Crippen molar-refractivity contribution in [3.8, 4) is 11.5 Å². The highest BCUT2D eigenvalue weighted by Crippen LogP contribution is 2.39. The molecular formula is C21H27ClN2O3. The molecule has 6 heteroatoms. The lowest BCUT2D eigenvalue weighted by Crippen LogP contribution is -2.54. The minimum absolute atomic E-state index is 0. The summed E-state index contributed by atoms with van der Waals surface area (Å²) >= 11 is 0. The molecule has 1 aliphatic carbocycles. The molecule has 2 aromatic rings. The molecule has 0 radical (unpaired) electrons. The summed E-state index contributed by atoms with van der Waals surface area (Å²) in [7, 11) is 0. The van der Waals surface area contributed by atoms with Gasteiger partial charge in [0.15, 0.2) is 18.1 Å². The number of hydrogen-bond acceptors (Lipinski definition) is 4. The van der Waals surface area contributed by atoms with Crippen molar-refractivity contribution in [2.75, 3.05) is 13.2 Å². The number of benzene rings is 2. The summed E-state index contributed by atoms with van der Waals surface area (Å²) in [4.78, 5) is 12.3. The maximum Gasteiger partial charge on any atom is 0.258 e. The van der Waals surface area contributed by atoms with E-state index in [0.29, 0.717) is 30.6 Å². The second-order valence-corrected chi connectivity index (χ2v) is 6.95. The van der Waals surface area contributed by atoms with Crippen molar-refractivity contribution in [2.45, 2.75) is 31.9 Å². The van der Waals surface area contributed by atoms with Gasteiger partial charge >= 0.3 is 0 Å². The van der Waals surface area contributed by atoms with Crippen LogP contribution in [0.15, 0.2) is 54.6 Å². The van der Waals surface area contributed by atoms with Crippen LogP contribution in [0.25, 0.3) is 0 Å². The van der Waals surface area contributed by atoms with Crippen molar-refractivity contribution in [3.05, 3.63) is 60.2 Å². The Hall–Kier alpha value is -2.24. The summed E-state index contributed by atoms with van der Waals surface area (Å²) in [5, 5.41) is 3.02. The van der Waals surface area contributed by atoms with Crippen LogP contribution < -0.4 is 20.5 Å². The van der Waals surface area contributed by atoms with Gasteiger partial charge in [-0.2, -0.15) is 0 Å². The van der Waals surface area contributed by atoms with Gasteiger partial charge in [-0.15, -0.1) is 12.4 Å². The van der Waals surface area contributed by atoms with E-state index in [1.807, 2.05) is 55.5 Å². The van der Waals surface area contributed by atoms with Crippen LogP contribution in [-0.2, 0) is 11.4 Å². The average Bonchev–Trinajstić information content (AvgIpc) is 3.52. The zero-order chi connectivity index (χ0) is 18.4. The van der Waals surface area contributed by atoms with Crippen LogP contribution in [0.2, 0.25) is 0 Å². The lowest BCUT2D eigenvalue weighted by atomic mass is 9.96. The molecule has 2 aromatic carbocycles. The van der Waals surface area contributed by atoms with Gasteiger partial charge in [0, 0.05) is 6.54 Å². The van der Waals surface area contributed by atoms with Gasteiger partial charge in [-0.25, -0.2) is 0 Å². The smallest absolute Gasteiger partial charge is 0.258 e. The predicted molar refractivity (Wildman–Crippen MR) is 108 cm³/mol. The molecule has 1 saturated carbocycles. The Morgan fingerprint density at radius 3 is 2.26 bits per heavy atom.